The van der Waals surface area contributed by atoms with Gasteiger partial charge in [-0.05, 0) is 18.9 Å². The third kappa shape index (κ3) is 2.56. The Morgan fingerprint density at radius 3 is 2.90 bits per heavy atom. The van der Waals surface area contributed by atoms with E-state index in [-0.39, 0.29) is 11.9 Å². The van der Waals surface area contributed by atoms with Crippen molar-refractivity contribution in [1.82, 2.24) is 14.7 Å². The topological polar surface area (TPSA) is 81.2 Å². The van der Waals surface area contributed by atoms with Gasteiger partial charge in [-0.15, -0.1) is 11.3 Å². The van der Waals surface area contributed by atoms with Gasteiger partial charge in [0.05, 0.1) is 22.7 Å². The van der Waals surface area contributed by atoms with E-state index in [0.29, 0.717) is 10.4 Å². The van der Waals surface area contributed by atoms with Crippen LogP contribution in [0.2, 0.25) is 0 Å². The summed E-state index contributed by atoms with van der Waals surface area (Å²) in [6, 6.07) is 1.64. The number of hydrogen-bond donors (Lipinski definition) is 1. The molecule has 0 saturated carbocycles. The molecule has 1 aliphatic heterocycles. The maximum atomic E-state index is 12.6. The first-order valence-corrected chi connectivity index (χ1v) is 7.62. The van der Waals surface area contributed by atoms with E-state index in [9.17, 15) is 9.59 Å². The van der Waals surface area contributed by atoms with Crippen molar-refractivity contribution in [3.63, 3.8) is 0 Å². The summed E-state index contributed by atoms with van der Waals surface area (Å²) in [6.45, 7) is 0.724. The Labute approximate surface area is 126 Å². The molecule has 2 N–H and O–H groups in total. The average Bonchev–Trinajstić information content (AvgIpc) is 3.17. The molecular weight excluding hydrogens is 288 g/mol. The summed E-state index contributed by atoms with van der Waals surface area (Å²) >= 11 is 1.26. The molecular formula is C14H16N4O2S. The SMILES string of the molecule is Cn1cc(C2CCCN2C(=O)c2cc(C(N)=O)cs2)cn1. The van der Waals surface area contributed by atoms with Gasteiger partial charge in [-0.25, -0.2) is 0 Å². The molecule has 2 aromatic rings. The quantitative estimate of drug-likeness (QED) is 0.934. The lowest BCUT2D eigenvalue weighted by molar-refractivity contribution is 0.0740. The van der Waals surface area contributed by atoms with Crippen LogP contribution in [0.15, 0.2) is 23.8 Å². The predicted octanol–water partition coefficient (Wildman–Crippen LogP) is 1.56. The fourth-order valence-electron chi connectivity index (χ4n) is 2.69. The van der Waals surface area contributed by atoms with Gasteiger partial charge in [0.25, 0.3) is 5.91 Å². The fraction of sp³-hybridized carbons (Fsp3) is 0.357. The third-order valence-corrected chi connectivity index (χ3v) is 4.64. The summed E-state index contributed by atoms with van der Waals surface area (Å²) in [5.74, 6) is -0.547. The van der Waals surface area contributed by atoms with Gasteiger partial charge in [0.2, 0.25) is 5.91 Å². The monoisotopic (exact) mass is 304 g/mol. The highest BCUT2D eigenvalue weighted by Crippen LogP contribution is 2.33. The second kappa shape index (κ2) is 5.33. The van der Waals surface area contributed by atoms with Crippen molar-refractivity contribution in [2.45, 2.75) is 18.9 Å². The van der Waals surface area contributed by atoms with E-state index in [2.05, 4.69) is 5.10 Å². The van der Waals surface area contributed by atoms with Crippen LogP contribution in [0.5, 0.6) is 0 Å². The van der Waals surface area contributed by atoms with Gasteiger partial charge in [0, 0.05) is 30.7 Å². The van der Waals surface area contributed by atoms with Gasteiger partial charge in [-0.3, -0.25) is 14.3 Å². The number of likely N-dealkylation sites (tertiary alicyclic amines) is 1. The largest absolute Gasteiger partial charge is 0.366 e. The highest BCUT2D eigenvalue weighted by atomic mass is 32.1. The van der Waals surface area contributed by atoms with Crippen molar-refractivity contribution >= 4 is 23.2 Å². The molecule has 3 heterocycles. The maximum Gasteiger partial charge on any atom is 0.264 e. The summed E-state index contributed by atoms with van der Waals surface area (Å²) < 4.78 is 1.74. The minimum Gasteiger partial charge on any atom is -0.366 e. The van der Waals surface area contributed by atoms with E-state index in [1.54, 1.807) is 22.3 Å². The van der Waals surface area contributed by atoms with Gasteiger partial charge in [0.15, 0.2) is 0 Å². The molecule has 0 radical (unpaired) electrons. The molecule has 0 spiro atoms. The van der Waals surface area contributed by atoms with Crippen LogP contribution in [0.3, 0.4) is 0 Å². The minimum absolute atomic E-state index is 0.0427. The van der Waals surface area contributed by atoms with E-state index < -0.39 is 5.91 Å². The summed E-state index contributed by atoms with van der Waals surface area (Å²) in [5.41, 5.74) is 6.67. The van der Waals surface area contributed by atoms with Crippen LogP contribution in [-0.4, -0.2) is 33.0 Å². The zero-order valence-electron chi connectivity index (χ0n) is 11.7. The van der Waals surface area contributed by atoms with Crippen molar-refractivity contribution in [1.29, 1.82) is 0 Å². The Hall–Kier alpha value is -2.15. The molecule has 1 atom stereocenters. The standard InChI is InChI=1S/C14H16N4O2S/c1-17-7-10(6-16-17)11-3-2-4-18(11)14(20)12-5-9(8-21-12)13(15)19/h5-8,11H,2-4H2,1H3,(H2,15,19). The highest BCUT2D eigenvalue weighted by molar-refractivity contribution is 7.12. The number of carbonyl (C=O) groups excluding carboxylic acids is 2. The fourth-order valence-corrected chi connectivity index (χ4v) is 3.54. The number of carbonyl (C=O) groups is 2. The summed E-state index contributed by atoms with van der Waals surface area (Å²) in [5, 5.41) is 5.80. The molecule has 0 aliphatic carbocycles. The number of nitrogens with two attached hydrogens (primary N) is 1. The number of amides is 2. The van der Waals surface area contributed by atoms with Gasteiger partial charge in [-0.1, -0.05) is 0 Å². The molecule has 1 saturated heterocycles. The van der Waals surface area contributed by atoms with E-state index in [0.717, 1.165) is 24.9 Å². The van der Waals surface area contributed by atoms with Gasteiger partial charge >= 0.3 is 0 Å². The van der Waals surface area contributed by atoms with Crippen LogP contribution in [0, 0.1) is 0 Å². The van der Waals surface area contributed by atoms with Gasteiger partial charge < -0.3 is 10.6 Å². The van der Waals surface area contributed by atoms with Crippen LogP contribution in [0.1, 0.15) is 44.5 Å². The van der Waals surface area contributed by atoms with Crippen molar-refractivity contribution in [2.75, 3.05) is 6.54 Å². The first-order chi connectivity index (χ1) is 10.1. The first kappa shape index (κ1) is 13.8. The second-order valence-corrected chi connectivity index (χ2v) is 6.08. The summed E-state index contributed by atoms with van der Waals surface area (Å²) in [7, 11) is 1.86. The average molecular weight is 304 g/mol. The molecule has 6 nitrogen and oxygen atoms in total. The van der Waals surface area contributed by atoms with Crippen LogP contribution >= 0.6 is 11.3 Å². The normalized spacial score (nSPS) is 18.1. The Kier molecular flexibility index (Phi) is 3.50. The smallest absolute Gasteiger partial charge is 0.264 e. The second-order valence-electron chi connectivity index (χ2n) is 5.17. The number of primary amides is 1. The lowest BCUT2D eigenvalue weighted by Gasteiger charge is -2.23. The molecule has 2 aromatic heterocycles. The van der Waals surface area contributed by atoms with Crippen LogP contribution < -0.4 is 5.73 Å². The maximum absolute atomic E-state index is 12.6. The number of thiophene rings is 1. The van der Waals surface area contributed by atoms with Gasteiger partial charge in [0.1, 0.15) is 0 Å². The van der Waals surface area contributed by atoms with E-state index in [1.165, 1.54) is 11.3 Å². The number of rotatable bonds is 3. The Morgan fingerprint density at radius 1 is 1.48 bits per heavy atom. The van der Waals surface area contributed by atoms with Crippen LogP contribution in [-0.2, 0) is 7.05 Å². The highest BCUT2D eigenvalue weighted by Gasteiger charge is 2.32. The lowest BCUT2D eigenvalue weighted by atomic mass is 10.1. The van der Waals surface area contributed by atoms with Crippen molar-refractivity contribution in [3.8, 4) is 0 Å². The Bertz CT molecular complexity index is 691. The van der Waals surface area contributed by atoms with Crippen molar-refractivity contribution in [3.05, 3.63) is 39.8 Å². The Morgan fingerprint density at radius 2 is 2.29 bits per heavy atom. The van der Waals surface area contributed by atoms with E-state index in [1.807, 2.05) is 18.1 Å². The number of aryl methyl sites for hydroxylation is 1. The Balaban J connectivity index is 1.84. The zero-order valence-corrected chi connectivity index (χ0v) is 12.5. The molecule has 110 valence electrons. The summed E-state index contributed by atoms with van der Waals surface area (Å²) in [6.07, 6.45) is 5.66. The van der Waals surface area contributed by atoms with E-state index >= 15 is 0 Å². The lowest BCUT2D eigenvalue weighted by Crippen LogP contribution is -2.29. The number of aromatic nitrogens is 2. The zero-order chi connectivity index (χ0) is 15.0. The molecule has 0 bridgehead atoms. The molecule has 2 amide bonds. The molecule has 3 rings (SSSR count). The van der Waals surface area contributed by atoms with Crippen molar-refractivity contribution in [2.24, 2.45) is 12.8 Å². The molecule has 1 unspecified atom stereocenters. The predicted molar refractivity (Wildman–Crippen MR) is 79.1 cm³/mol. The van der Waals surface area contributed by atoms with Gasteiger partial charge in [-0.2, -0.15) is 5.10 Å². The van der Waals surface area contributed by atoms with Crippen LogP contribution in [0.4, 0.5) is 0 Å². The molecule has 1 fully saturated rings. The molecule has 7 heteroatoms. The van der Waals surface area contributed by atoms with Crippen molar-refractivity contribution < 1.29 is 9.59 Å². The first-order valence-electron chi connectivity index (χ1n) is 6.74. The van der Waals surface area contributed by atoms with E-state index in [4.69, 9.17) is 5.73 Å². The minimum atomic E-state index is -0.504. The molecule has 21 heavy (non-hydrogen) atoms. The molecule has 1 aliphatic rings. The number of nitrogens with zero attached hydrogens (tertiary/aromatic N) is 3. The summed E-state index contributed by atoms with van der Waals surface area (Å²) in [4.78, 5) is 26.2. The number of hydrogen-bond acceptors (Lipinski definition) is 4. The van der Waals surface area contributed by atoms with Crippen LogP contribution in [0.25, 0.3) is 0 Å². The third-order valence-electron chi connectivity index (χ3n) is 3.72. The molecule has 0 aromatic carbocycles.